The number of carboxylic acid groups (broad SMARTS) is 1. The zero-order chi connectivity index (χ0) is 24.2. The van der Waals surface area contributed by atoms with Gasteiger partial charge in [0.05, 0.1) is 19.6 Å². The number of hydrogen-bond donors (Lipinski definition) is 2. The summed E-state index contributed by atoms with van der Waals surface area (Å²) in [6, 6.07) is 17.3. The Morgan fingerprint density at radius 3 is 2.24 bits per heavy atom. The fourth-order valence-electron chi connectivity index (χ4n) is 3.63. The summed E-state index contributed by atoms with van der Waals surface area (Å²) in [7, 11) is 1.55. The van der Waals surface area contributed by atoms with Crippen LogP contribution in [0.5, 0.6) is 11.5 Å². The molecule has 33 heavy (non-hydrogen) atoms. The minimum absolute atomic E-state index is 0.198. The van der Waals surface area contributed by atoms with Gasteiger partial charge < -0.3 is 19.7 Å². The molecule has 0 heterocycles. The summed E-state index contributed by atoms with van der Waals surface area (Å²) in [5, 5.41) is 18.7. The standard InChI is InChI=1S/C27H29FO5/c1-27(2,3)23-11-5-17(13-21(23)22-14-20(32-4)10-12-24(22)28)16-33-19-8-6-18(7-9-19)25(29)15-26(30)31/h5-14,25,29H,15-16H2,1-4H3,(H,30,31)/t25-/m1/s1. The molecule has 2 N–H and O–H groups in total. The van der Waals surface area contributed by atoms with E-state index in [4.69, 9.17) is 14.6 Å². The molecule has 3 aromatic carbocycles. The summed E-state index contributed by atoms with van der Waals surface area (Å²) in [5.74, 6) is -0.229. The maximum atomic E-state index is 14.8. The zero-order valence-electron chi connectivity index (χ0n) is 19.3. The third-order valence-corrected chi connectivity index (χ3v) is 5.39. The monoisotopic (exact) mass is 452 g/mol. The van der Waals surface area contributed by atoms with E-state index in [0.717, 1.165) is 16.7 Å². The normalized spacial score (nSPS) is 12.3. The van der Waals surface area contributed by atoms with Crippen LogP contribution in [0.1, 0.15) is 50.0 Å². The second-order valence-corrected chi connectivity index (χ2v) is 8.95. The van der Waals surface area contributed by atoms with E-state index in [9.17, 15) is 14.3 Å². The van der Waals surface area contributed by atoms with Gasteiger partial charge >= 0.3 is 5.97 Å². The molecular weight excluding hydrogens is 423 g/mol. The van der Waals surface area contributed by atoms with Crippen LogP contribution in [0, 0.1) is 5.82 Å². The van der Waals surface area contributed by atoms with Crippen molar-refractivity contribution >= 4 is 5.97 Å². The van der Waals surface area contributed by atoms with Crippen LogP contribution in [0.15, 0.2) is 60.7 Å². The van der Waals surface area contributed by atoms with Gasteiger partial charge in [-0.15, -0.1) is 0 Å². The molecule has 0 amide bonds. The van der Waals surface area contributed by atoms with Gasteiger partial charge in [-0.05, 0) is 64.1 Å². The van der Waals surface area contributed by atoms with E-state index >= 15 is 0 Å². The highest BCUT2D eigenvalue weighted by Crippen LogP contribution is 2.36. The summed E-state index contributed by atoms with van der Waals surface area (Å²) < 4.78 is 26.0. The van der Waals surface area contributed by atoms with Crippen molar-refractivity contribution in [2.24, 2.45) is 0 Å². The summed E-state index contributed by atoms with van der Waals surface area (Å²) in [4.78, 5) is 10.8. The van der Waals surface area contributed by atoms with Crippen LogP contribution >= 0.6 is 0 Å². The molecular formula is C27H29FO5. The van der Waals surface area contributed by atoms with Crippen molar-refractivity contribution in [3.8, 4) is 22.6 Å². The third kappa shape index (κ3) is 6.11. The van der Waals surface area contributed by atoms with Gasteiger partial charge in [0.25, 0.3) is 0 Å². The smallest absolute Gasteiger partial charge is 0.306 e. The molecule has 0 bridgehead atoms. The van der Waals surface area contributed by atoms with Crippen LogP contribution in [-0.4, -0.2) is 23.3 Å². The quantitative estimate of drug-likeness (QED) is 0.446. The van der Waals surface area contributed by atoms with Gasteiger partial charge in [0, 0.05) is 5.56 Å². The largest absolute Gasteiger partial charge is 0.497 e. The average molecular weight is 453 g/mol. The zero-order valence-corrected chi connectivity index (χ0v) is 19.3. The number of halogens is 1. The van der Waals surface area contributed by atoms with Gasteiger partial charge in [-0.25, -0.2) is 4.39 Å². The van der Waals surface area contributed by atoms with E-state index in [0.29, 0.717) is 22.6 Å². The number of carboxylic acids is 1. The summed E-state index contributed by atoms with van der Waals surface area (Å²) in [6.45, 7) is 6.52. The molecule has 6 heteroatoms. The van der Waals surface area contributed by atoms with E-state index < -0.39 is 12.1 Å². The highest BCUT2D eigenvalue weighted by atomic mass is 19.1. The minimum atomic E-state index is -1.07. The number of methoxy groups -OCH3 is 1. The molecule has 0 fully saturated rings. The van der Waals surface area contributed by atoms with Crippen LogP contribution in [0.3, 0.4) is 0 Å². The van der Waals surface area contributed by atoms with E-state index in [1.807, 2.05) is 18.2 Å². The Morgan fingerprint density at radius 1 is 0.970 bits per heavy atom. The van der Waals surface area contributed by atoms with Gasteiger partial charge in [-0.3, -0.25) is 4.79 Å². The summed E-state index contributed by atoms with van der Waals surface area (Å²) in [6.07, 6.45) is -1.42. The highest BCUT2D eigenvalue weighted by molar-refractivity contribution is 5.71. The number of aliphatic carboxylic acids is 1. The van der Waals surface area contributed by atoms with E-state index in [1.165, 1.54) is 6.07 Å². The van der Waals surface area contributed by atoms with Crippen molar-refractivity contribution in [1.29, 1.82) is 0 Å². The molecule has 0 saturated carbocycles. The molecule has 0 unspecified atom stereocenters. The molecule has 0 aliphatic heterocycles. The third-order valence-electron chi connectivity index (χ3n) is 5.39. The molecule has 0 spiro atoms. The fourth-order valence-corrected chi connectivity index (χ4v) is 3.63. The Bertz CT molecular complexity index is 1120. The molecule has 3 rings (SSSR count). The first-order valence-electron chi connectivity index (χ1n) is 10.7. The van der Waals surface area contributed by atoms with Gasteiger partial charge in [-0.2, -0.15) is 0 Å². The number of rotatable bonds is 8. The summed E-state index contributed by atoms with van der Waals surface area (Å²) >= 11 is 0. The number of ether oxygens (including phenoxy) is 2. The van der Waals surface area contributed by atoms with Crippen molar-refractivity contribution in [3.63, 3.8) is 0 Å². The Labute approximate surface area is 193 Å². The number of aliphatic hydroxyl groups excluding tert-OH is 1. The minimum Gasteiger partial charge on any atom is -0.497 e. The molecule has 174 valence electrons. The van der Waals surface area contributed by atoms with Crippen LogP contribution in [0.2, 0.25) is 0 Å². The molecule has 0 saturated heterocycles. The average Bonchev–Trinajstić information content (AvgIpc) is 2.77. The van der Waals surface area contributed by atoms with Crippen molar-refractivity contribution in [1.82, 2.24) is 0 Å². The molecule has 0 aromatic heterocycles. The molecule has 0 aliphatic carbocycles. The fraction of sp³-hybridized carbons (Fsp3) is 0.296. The van der Waals surface area contributed by atoms with Crippen molar-refractivity contribution in [2.75, 3.05) is 7.11 Å². The molecule has 3 aromatic rings. The van der Waals surface area contributed by atoms with E-state index in [-0.39, 0.29) is 24.3 Å². The summed E-state index contributed by atoms with van der Waals surface area (Å²) in [5.41, 5.74) is 3.45. The highest BCUT2D eigenvalue weighted by Gasteiger charge is 2.21. The second kappa shape index (κ2) is 10.0. The van der Waals surface area contributed by atoms with Crippen LogP contribution in [0.25, 0.3) is 11.1 Å². The van der Waals surface area contributed by atoms with Crippen LogP contribution in [0.4, 0.5) is 4.39 Å². The van der Waals surface area contributed by atoms with Gasteiger partial charge in [0.2, 0.25) is 0 Å². The Hall–Kier alpha value is -3.38. The lowest BCUT2D eigenvalue weighted by atomic mass is 9.81. The van der Waals surface area contributed by atoms with Crippen LogP contribution in [-0.2, 0) is 16.8 Å². The van der Waals surface area contributed by atoms with Crippen molar-refractivity contribution in [2.45, 2.75) is 45.3 Å². The predicted octanol–water partition coefficient (Wildman–Crippen LogP) is 5.89. The Kier molecular flexibility index (Phi) is 7.39. The first kappa shape index (κ1) is 24.3. The van der Waals surface area contributed by atoms with Gasteiger partial charge in [0.15, 0.2) is 0 Å². The first-order chi connectivity index (χ1) is 15.6. The molecule has 5 nitrogen and oxygen atoms in total. The SMILES string of the molecule is COc1ccc(F)c(-c2cc(COc3ccc([C@H](O)CC(=O)O)cc3)ccc2C(C)(C)C)c1. The maximum absolute atomic E-state index is 14.8. The lowest BCUT2D eigenvalue weighted by Gasteiger charge is -2.24. The number of hydrogen-bond acceptors (Lipinski definition) is 4. The van der Waals surface area contributed by atoms with E-state index in [2.05, 4.69) is 20.8 Å². The number of aliphatic hydroxyl groups is 1. The van der Waals surface area contributed by atoms with Crippen molar-refractivity contribution < 1.29 is 28.9 Å². The number of carbonyl (C=O) groups is 1. The first-order valence-corrected chi connectivity index (χ1v) is 10.7. The van der Waals surface area contributed by atoms with E-state index in [1.54, 1.807) is 43.5 Å². The number of benzene rings is 3. The molecule has 1 atom stereocenters. The molecule has 0 aliphatic rings. The topological polar surface area (TPSA) is 76.0 Å². The second-order valence-electron chi connectivity index (χ2n) is 8.95. The Morgan fingerprint density at radius 2 is 1.64 bits per heavy atom. The van der Waals surface area contributed by atoms with Gasteiger partial charge in [-0.1, -0.05) is 45.0 Å². The van der Waals surface area contributed by atoms with Crippen molar-refractivity contribution in [3.05, 3.63) is 83.2 Å². The predicted molar refractivity (Wildman–Crippen MR) is 125 cm³/mol. The molecule has 0 radical (unpaired) electrons. The van der Waals surface area contributed by atoms with Gasteiger partial charge in [0.1, 0.15) is 23.9 Å². The lowest BCUT2D eigenvalue weighted by Crippen LogP contribution is -2.13. The maximum Gasteiger partial charge on any atom is 0.306 e. The lowest BCUT2D eigenvalue weighted by molar-refractivity contribution is -0.139. The Balaban J connectivity index is 1.85. The van der Waals surface area contributed by atoms with Crippen LogP contribution < -0.4 is 9.47 Å².